The summed E-state index contributed by atoms with van der Waals surface area (Å²) in [7, 11) is 0. The third kappa shape index (κ3) is 1.62. The van der Waals surface area contributed by atoms with E-state index in [2.05, 4.69) is 15.2 Å². The minimum absolute atomic E-state index is 0.275. The molecule has 0 radical (unpaired) electrons. The number of benzene rings is 1. The molecule has 0 aliphatic carbocycles. The molecule has 0 aliphatic rings. The van der Waals surface area contributed by atoms with E-state index >= 15 is 0 Å². The smallest absolute Gasteiger partial charge is 0.124 e. The van der Waals surface area contributed by atoms with Crippen LogP contribution >= 0.6 is 0 Å². The van der Waals surface area contributed by atoms with E-state index in [9.17, 15) is 4.39 Å². The minimum atomic E-state index is -0.275. The number of pyridine rings is 1. The van der Waals surface area contributed by atoms with Crippen LogP contribution in [0.4, 0.5) is 10.2 Å². The quantitative estimate of drug-likeness (QED) is 0.563. The Kier molecular flexibility index (Phi) is 2.29. The van der Waals surface area contributed by atoms with Crippen molar-refractivity contribution in [2.24, 2.45) is 0 Å². The van der Waals surface area contributed by atoms with Crippen molar-refractivity contribution in [3.8, 4) is 5.69 Å². The predicted octanol–water partition coefficient (Wildman–Crippen LogP) is 2.93. The summed E-state index contributed by atoms with van der Waals surface area (Å²) in [6.45, 7) is 1.97. The van der Waals surface area contributed by atoms with Crippen LogP contribution in [0.3, 0.4) is 0 Å². The normalized spacial score (nSPS) is 11.5. The monoisotopic (exact) mass is 281 g/mol. The molecule has 0 bridgehead atoms. The highest BCUT2D eigenvalue weighted by Crippen LogP contribution is 2.32. The fourth-order valence-corrected chi connectivity index (χ4v) is 2.74. The third-order valence-corrected chi connectivity index (χ3v) is 3.67. The number of anilines is 1. The number of hydrogen-bond acceptors (Lipinski definition) is 3. The molecular formula is C15H12FN5. The van der Waals surface area contributed by atoms with Crippen molar-refractivity contribution in [2.45, 2.75) is 6.92 Å². The lowest BCUT2D eigenvalue weighted by atomic mass is 10.2. The fourth-order valence-electron chi connectivity index (χ4n) is 2.74. The molecule has 3 heterocycles. The number of nitrogens with two attached hydrogens (primary N) is 1. The van der Waals surface area contributed by atoms with Crippen LogP contribution in [0.25, 0.3) is 27.6 Å². The van der Waals surface area contributed by atoms with Crippen molar-refractivity contribution in [2.75, 3.05) is 5.73 Å². The summed E-state index contributed by atoms with van der Waals surface area (Å²) >= 11 is 0. The van der Waals surface area contributed by atoms with Crippen molar-refractivity contribution in [3.05, 3.63) is 48.0 Å². The van der Waals surface area contributed by atoms with Crippen molar-refractivity contribution in [3.63, 3.8) is 0 Å². The first-order valence-corrected chi connectivity index (χ1v) is 6.50. The van der Waals surface area contributed by atoms with Gasteiger partial charge in [0, 0.05) is 5.39 Å². The fraction of sp³-hybridized carbons (Fsp3) is 0.0667. The number of nitrogen functional groups attached to an aromatic ring is 1. The Balaban J connectivity index is 2.17. The molecule has 5 nitrogen and oxygen atoms in total. The lowest BCUT2D eigenvalue weighted by Gasteiger charge is -2.10. The van der Waals surface area contributed by atoms with Crippen LogP contribution in [0.1, 0.15) is 5.56 Å². The average Bonchev–Trinajstić information content (AvgIpc) is 3.00. The summed E-state index contributed by atoms with van der Waals surface area (Å²) in [5, 5.41) is 7.78. The van der Waals surface area contributed by atoms with Gasteiger partial charge in [0.1, 0.15) is 11.6 Å². The van der Waals surface area contributed by atoms with E-state index in [0.29, 0.717) is 5.82 Å². The summed E-state index contributed by atoms with van der Waals surface area (Å²) in [6.07, 6.45) is 3.45. The van der Waals surface area contributed by atoms with E-state index in [1.54, 1.807) is 18.5 Å². The number of aryl methyl sites for hydroxylation is 1. The van der Waals surface area contributed by atoms with Crippen molar-refractivity contribution in [1.82, 2.24) is 19.7 Å². The third-order valence-electron chi connectivity index (χ3n) is 3.67. The van der Waals surface area contributed by atoms with E-state index in [0.717, 1.165) is 33.2 Å². The molecule has 6 heteroatoms. The first-order valence-electron chi connectivity index (χ1n) is 6.50. The number of nitrogens with zero attached hydrogens (tertiary/aromatic N) is 3. The molecule has 104 valence electrons. The highest BCUT2D eigenvalue weighted by atomic mass is 19.1. The summed E-state index contributed by atoms with van der Waals surface area (Å²) in [5.41, 5.74) is 10.2. The van der Waals surface area contributed by atoms with Gasteiger partial charge in [0.2, 0.25) is 0 Å². The molecule has 0 spiro atoms. The van der Waals surface area contributed by atoms with Crippen LogP contribution in [0, 0.1) is 12.7 Å². The van der Waals surface area contributed by atoms with Crippen LogP contribution in [0.15, 0.2) is 36.7 Å². The zero-order valence-corrected chi connectivity index (χ0v) is 11.3. The maximum absolute atomic E-state index is 13.5. The largest absolute Gasteiger partial charge is 0.384 e. The topological polar surface area (TPSA) is 72.5 Å². The Morgan fingerprint density at radius 2 is 2.05 bits per heavy atom. The molecule has 0 atom stereocenters. The lowest BCUT2D eigenvalue weighted by molar-refractivity contribution is 0.629. The van der Waals surface area contributed by atoms with Crippen LogP contribution in [0.5, 0.6) is 0 Å². The van der Waals surface area contributed by atoms with E-state index in [-0.39, 0.29) is 5.82 Å². The van der Waals surface area contributed by atoms with Crippen LogP contribution in [-0.4, -0.2) is 19.7 Å². The first kappa shape index (κ1) is 11.9. The lowest BCUT2D eigenvalue weighted by Crippen LogP contribution is -2.00. The second-order valence-corrected chi connectivity index (χ2v) is 5.02. The summed E-state index contributed by atoms with van der Waals surface area (Å²) in [6, 6.07) is 6.53. The molecule has 0 saturated heterocycles. The van der Waals surface area contributed by atoms with E-state index in [4.69, 9.17) is 5.73 Å². The number of aromatic nitrogens is 4. The molecule has 3 aromatic heterocycles. The van der Waals surface area contributed by atoms with Gasteiger partial charge in [-0.1, -0.05) is 0 Å². The molecule has 0 fully saturated rings. The van der Waals surface area contributed by atoms with Gasteiger partial charge in [0.05, 0.1) is 34.6 Å². The Bertz CT molecular complexity index is 982. The first-order chi connectivity index (χ1) is 10.1. The predicted molar refractivity (Wildman–Crippen MR) is 79.8 cm³/mol. The molecule has 4 aromatic rings. The minimum Gasteiger partial charge on any atom is -0.384 e. The zero-order chi connectivity index (χ0) is 14.6. The highest BCUT2D eigenvalue weighted by molar-refractivity contribution is 6.06. The maximum atomic E-state index is 13.5. The number of H-pyrrole nitrogens is 1. The summed E-state index contributed by atoms with van der Waals surface area (Å²) in [4.78, 5) is 4.16. The van der Waals surface area contributed by atoms with Crippen LogP contribution in [-0.2, 0) is 0 Å². The van der Waals surface area contributed by atoms with Crippen molar-refractivity contribution >= 4 is 27.8 Å². The molecule has 21 heavy (non-hydrogen) atoms. The number of halogens is 1. The Labute approximate surface area is 119 Å². The Morgan fingerprint density at radius 3 is 2.86 bits per heavy atom. The van der Waals surface area contributed by atoms with Gasteiger partial charge in [-0.2, -0.15) is 5.10 Å². The number of hydrogen-bond donors (Lipinski definition) is 2. The maximum Gasteiger partial charge on any atom is 0.124 e. The Morgan fingerprint density at radius 1 is 1.19 bits per heavy atom. The van der Waals surface area contributed by atoms with Gasteiger partial charge >= 0.3 is 0 Å². The summed E-state index contributed by atoms with van der Waals surface area (Å²) in [5.74, 6) is 0.200. The molecule has 0 aliphatic heterocycles. The average molecular weight is 281 g/mol. The van der Waals surface area contributed by atoms with Crippen LogP contribution in [0.2, 0.25) is 0 Å². The molecule has 0 unspecified atom stereocenters. The van der Waals surface area contributed by atoms with Gasteiger partial charge in [-0.3, -0.25) is 5.10 Å². The standard InChI is InChI=1S/C15H12FN5/c1-8-4-14(17)18-6-12(8)21-11-3-2-9(16)5-10(11)15-13(21)7-19-20-15/h2-7H,1H3,(H2,17,18)(H,19,20). The van der Waals surface area contributed by atoms with Crippen molar-refractivity contribution in [1.29, 1.82) is 0 Å². The van der Waals surface area contributed by atoms with Gasteiger partial charge in [-0.15, -0.1) is 0 Å². The van der Waals surface area contributed by atoms with E-state index in [1.165, 1.54) is 12.1 Å². The van der Waals surface area contributed by atoms with Gasteiger partial charge in [-0.25, -0.2) is 9.37 Å². The Hall–Kier alpha value is -2.89. The molecule has 0 amide bonds. The second-order valence-electron chi connectivity index (χ2n) is 5.02. The SMILES string of the molecule is Cc1cc(N)ncc1-n1c2ccc(F)cc2c2[nH]ncc21. The second kappa shape index (κ2) is 4.05. The van der Waals surface area contributed by atoms with Gasteiger partial charge in [-0.05, 0) is 36.8 Å². The van der Waals surface area contributed by atoms with Gasteiger partial charge in [0.25, 0.3) is 0 Å². The number of fused-ring (bicyclic) bond motifs is 3. The molecule has 3 N–H and O–H groups in total. The van der Waals surface area contributed by atoms with Crippen LogP contribution < -0.4 is 5.73 Å². The van der Waals surface area contributed by atoms with E-state index in [1.807, 2.05) is 17.6 Å². The molecule has 1 aromatic carbocycles. The molecule has 0 saturated carbocycles. The molecular weight excluding hydrogens is 269 g/mol. The van der Waals surface area contributed by atoms with Gasteiger partial charge in [0.15, 0.2) is 0 Å². The zero-order valence-electron chi connectivity index (χ0n) is 11.3. The number of rotatable bonds is 1. The number of nitrogens with one attached hydrogen (secondary N) is 1. The van der Waals surface area contributed by atoms with Crippen molar-refractivity contribution < 1.29 is 4.39 Å². The summed E-state index contributed by atoms with van der Waals surface area (Å²) < 4.78 is 15.6. The van der Waals surface area contributed by atoms with Gasteiger partial charge < -0.3 is 10.3 Å². The number of aromatic amines is 1. The van der Waals surface area contributed by atoms with E-state index < -0.39 is 0 Å². The molecule has 4 rings (SSSR count). The highest BCUT2D eigenvalue weighted by Gasteiger charge is 2.15.